The number of ether oxygens (including phenoxy) is 4. The molecule has 0 bridgehead atoms. The summed E-state index contributed by atoms with van der Waals surface area (Å²) < 4.78 is 50.6. The summed E-state index contributed by atoms with van der Waals surface area (Å²) in [6.45, 7) is 7.60. The molecule has 4 rings (SSSR count). The molecule has 0 spiro atoms. The number of fused-ring (bicyclic) bond motifs is 1. The first-order valence-corrected chi connectivity index (χ1v) is 14.7. The fraction of sp³-hybridized carbons (Fsp3) is 0.367. The van der Waals surface area contributed by atoms with Crippen molar-refractivity contribution in [3.63, 3.8) is 0 Å². The standard InChI is InChI=1S/C30H36N2O7S/c1-5-31(6-2)19-20-38-26-13-16-28-22(21-26)17-18-32(29(28)30(33)37-4)40(34,35)27-14-11-25(12-15-27)39-24-9-7-23(36-3)8-10-24/h7-16,21,29H,5-6,17-20H2,1-4H3. The van der Waals surface area contributed by atoms with Crippen LogP contribution < -0.4 is 14.2 Å². The van der Waals surface area contributed by atoms with E-state index in [0.29, 0.717) is 41.6 Å². The van der Waals surface area contributed by atoms with Crippen LogP contribution in [0.25, 0.3) is 0 Å². The maximum absolute atomic E-state index is 13.7. The van der Waals surface area contributed by atoms with Crippen molar-refractivity contribution in [3.8, 4) is 23.0 Å². The van der Waals surface area contributed by atoms with E-state index in [0.717, 1.165) is 25.2 Å². The average molecular weight is 569 g/mol. The Labute approximate surface area is 236 Å². The number of hydrogen-bond acceptors (Lipinski definition) is 8. The molecule has 0 radical (unpaired) electrons. The summed E-state index contributed by atoms with van der Waals surface area (Å²) in [5.41, 5.74) is 1.46. The van der Waals surface area contributed by atoms with Crippen LogP contribution in [0.5, 0.6) is 23.0 Å². The van der Waals surface area contributed by atoms with E-state index in [1.807, 2.05) is 6.07 Å². The highest BCUT2D eigenvalue weighted by atomic mass is 32.2. The average Bonchev–Trinajstić information content (AvgIpc) is 2.99. The van der Waals surface area contributed by atoms with Gasteiger partial charge in [-0.3, -0.25) is 0 Å². The Balaban J connectivity index is 1.52. The van der Waals surface area contributed by atoms with E-state index in [1.165, 1.54) is 23.5 Å². The van der Waals surface area contributed by atoms with Crippen molar-refractivity contribution >= 4 is 16.0 Å². The molecule has 9 nitrogen and oxygen atoms in total. The topological polar surface area (TPSA) is 94.6 Å². The van der Waals surface area contributed by atoms with Gasteiger partial charge < -0.3 is 23.8 Å². The molecule has 40 heavy (non-hydrogen) atoms. The van der Waals surface area contributed by atoms with E-state index >= 15 is 0 Å². The van der Waals surface area contributed by atoms with Gasteiger partial charge in [-0.05, 0) is 91.3 Å². The molecule has 214 valence electrons. The molecule has 0 saturated heterocycles. The second-order valence-electron chi connectivity index (χ2n) is 9.28. The van der Waals surface area contributed by atoms with Crippen LogP contribution in [-0.4, -0.2) is 70.6 Å². The molecule has 0 fully saturated rings. The Hall–Kier alpha value is -3.60. The van der Waals surface area contributed by atoms with Gasteiger partial charge in [-0.15, -0.1) is 0 Å². The van der Waals surface area contributed by atoms with E-state index in [-0.39, 0.29) is 11.4 Å². The number of methoxy groups -OCH3 is 2. The molecule has 0 amide bonds. The van der Waals surface area contributed by atoms with Gasteiger partial charge in [0.2, 0.25) is 10.0 Å². The van der Waals surface area contributed by atoms with E-state index < -0.39 is 22.0 Å². The maximum atomic E-state index is 13.7. The highest BCUT2D eigenvalue weighted by Gasteiger charge is 2.41. The fourth-order valence-electron chi connectivity index (χ4n) is 4.71. The van der Waals surface area contributed by atoms with Crippen LogP contribution in [0.1, 0.15) is 31.0 Å². The van der Waals surface area contributed by atoms with Crippen LogP contribution in [0.3, 0.4) is 0 Å². The molecule has 1 aliphatic heterocycles. The lowest BCUT2D eigenvalue weighted by Crippen LogP contribution is -2.43. The first kappa shape index (κ1) is 29.4. The fourth-order valence-corrected chi connectivity index (χ4v) is 6.27. The number of sulfonamides is 1. The summed E-state index contributed by atoms with van der Waals surface area (Å²) in [6.07, 6.45) is 0.438. The van der Waals surface area contributed by atoms with Crippen LogP contribution in [0.2, 0.25) is 0 Å². The molecular formula is C30H36N2O7S. The third kappa shape index (κ3) is 6.57. The summed E-state index contributed by atoms with van der Waals surface area (Å²) in [6, 6.07) is 17.5. The number of carbonyl (C=O) groups is 1. The highest BCUT2D eigenvalue weighted by molar-refractivity contribution is 7.89. The Morgan fingerprint density at radius 2 is 1.50 bits per heavy atom. The number of carbonyl (C=O) groups excluding carboxylic acids is 1. The third-order valence-corrected chi connectivity index (χ3v) is 8.90. The molecule has 10 heteroatoms. The summed E-state index contributed by atoms with van der Waals surface area (Å²) in [7, 11) is -1.18. The maximum Gasteiger partial charge on any atom is 0.328 e. The SMILES string of the molecule is CCN(CC)CCOc1ccc2c(c1)CCN(S(=O)(=O)c1ccc(Oc3ccc(OC)cc3)cc1)C2C(=O)OC. The van der Waals surface area contributed by atoms with E-state index in [2.05, 4.69) is 18.7 Å². The van der Waals surface area contributed by atoms with Crippen LogP contribution in [0, 0.1) is 0 Å². The normalized spacial score (nSPS) is 15.4. The molecule has 1 atom stereocenters. The lowest BCUT2D eigenvalue weighted by molar-refractivity contribution is -0.145. The minimum atomic E-state index is -4.02. The molecule has 0 aliphatic carbocycles. The van der Waals surface area contributed by atoms with Crippen molar-refractivity contribution in [2.45, 2.75) is 31.2 Å². The molecule has 0 N–H and O–H groups in total. The van der Waals surface area contributed by atoms with Crippen molar-refractivity contribution in [1.82, 2.24) is 9.21 Å². The van der Waals surface area contributed by atoms with Crippen molar-refractivity contribution in [3.05, 3.63) is 77.9 Å². The Morgan fingerprint density at radius 1 is 0.900 bits per heavy atom. The number of benzene rings is 3. The lowest BCUT2D eigenvalue weighted by atomic mass is 9.94. The van der Waals surface area contributed by atoms with Crippen LogP contribution in [-0.2, 0) is 26.0 Å². The number of nitrogens with zero attached hydrogens (tertiary/aromatic N) is 2. The summed E-state index contributed by atoms with van der Waals surface area (Å²) in [5.74, 6) is 1.82. The molecule has 0 aromatic heterocycles. The van der Waals surface area contributed by atoms with Crippen molar-refractivity contribution in [1.29, 1.82) is 0 Å². The van der Waals surface area contributed by atoms with Gasteiger partial charge >= 0.3 is 5.97 Å². The second kappa shape index (κ2) is 13.2. The number of likely N-dealkylation sites (N-methyl/N-ethyl adjacent to an activating group) is 1. The van der Waals surface area contributed by atoms with E-state index in [1.54, 1.807) is 55.6 Å². The molecule has 3 aromatic carbocycles. The monoisotopic (exact) mass is 568 g/mol. The summed E-state index contributed by atoms with van der Waals surface area (Å²) in [5, 5.41) is 0. The first-order chi connectivity index (χ1) is 19.3. The molecule has 1 heterocycles. The van der Waals surface area contributed by atoms with E-state index in [4.69, 9.17) is 18.9 Å². The second-order valence-corrected chi connectivity index (χ2v) is 11.2. The minimum absolute atomic E-state index is 0.0586. The van der Waals surface area contributed by atoms with Gasteiger partial charge in [0.1, 0.15) is 35.6 Å². The van der Waals surface area contributed by atoms with Crippen LogP contribution >= 0.6 is 0 Å². The van der Waals surface area contributed by atoms with E-state index in [9.17, 15) is 13.2 Å². The quantitative estimate of drug-likeness (QED) is 0.291. The van der Waals surface area contributed by atoms with Gasteiger partial charge in [0.25, 0.3) is 0 Å². The molecule has 1 unspecified atom stereocenters. The van der Waals surface area contributed by atoms with Crippen molar-refractivity contribution < 1.29 is 32.2 Å². The lowest BCUT2D eigenvalue weighted by Gasteiger charge is -2.34. The predicted octanol–water partition coefficient (Wildman–Crippen LogP) is 4.67. The molecule has 3 aromatic rings. The molecule has 0 saturated carbocycles. The Morgan fingerprint density at radius 3 is 2.10 bits per heavy atom. The number of rotatable bonds is 12. The van der Waals surface area contributed by atoms with Gasteiger partial charge in [0.05, 0.1) is 19.1 Å². The minimum Gasteiger partial charge on any atom is -0.497 e. The summed E-state index contributed by atoms with van der Waals surface area (Å²) >= 11 is 0. The Kier molecular flexibility index (Phi) is 9.67. The zero-order valence-electron chi connectivity index (χ0n) is 23.3. The number of hydrogen-bond donors (Lipinski definition) is 0. The molecule has 1 aliphatic rings. The van der Waals surface area contributed by atoms with Crippen molar-refractivity contribution in [2.75, 3.05) is 47.0 Å². The van der Waals surface area contributed by atoms with Gasteiger partial charge in [0, 0.05) is 13.1 Å². The smallest absolute Gasteiger partial charge is 0.328 e. The predicted molar refractivity (Wildman–Crippen MR) is 152 cm³/mol. The first-order valence-electron chi connectivity index (χ1n) is 13.3. The van der Waals surface area contributed by atoms with Gasteiger partial charge in [-0.25, -0.2) is 13.2 Å². The highest BCUT2D eigenvalue weighted by Crippen LogP contribution is 2.37. The zero-order valence-corrected chi connectivity index (χ0v) is 24.1. The van der Waals surface area contributed by atoms with Gasteiger partial charge in [-0.2, -0.15) is 4.31 Å². The largest absolute Gasteiger partial charge is 0.497 e. The van der Waals surface area contributed by atoms with Crippen LogP contribution in [0.15, 0.2) is 71.6 Å². The number of esters is 1. The van der Waals surface area contributed by atoms with Gasteiger partial charge in [-0.1, -0.05) is 19.9 Å². The Bertz CT molecular complexity index is 1390. The van der Waals surface area contributed by atoms with Gasteiger partial charge in [0.15, 0.2) is 0 Å². The van der Waals surface area contributed by atoms with Crippen molar-refractivity contribution in [2.24, 2.45) is 0 Å². The van der Waals surface area contributed by atoms with Crippen LogP contribution in [0.4, 0.5) is 0 Å². The zero-order chi connectivity index (χ0) is 28.7. The molecular weight excluding hydrogens is 532 g/mol. The summed E-state index contributed by atoms with van der Waals surface area (Å²) in [4.78, 5) is 15.3. The third-order valence-electron chi connectivity index (χ3n) is 7.02.